The van der Waals surface area contributed by atoms with Gasteiger partial charge in [0.05, 0.1) is 13.3 Å². The number of methoxy groups -OCH3 is 1. The molecule has 0 aliphatic heterocycles. The molecule has 1 aromatic carbocycles. The van der Waals surface area contributed by atoms with Crippen LogP contribution < -0.4 is 9.61 Å². The molecule has 0 aliphatic carbocycles. The van der Waals surface area contributed by atoms with E-state index in [0.717, 1.165) is 24.2 Å². The third-order valence-corrected chi connectivity index (χ3v) is 3.94. The Kier molecular flexibility index (Phi) is 5.16. The molecule has 1 N–H and O–H groups in total. The molecule has 0 saturated carbocycles. The third kappa shape index (κ3) is 3.52. The molecule has 0 radical (unpaired) electrons. The molecule has 6 heteroatoms. The van der Waals surface area contributed by atoms with Crippen molar-refractivity contribution in [2.45, 2.75) is 26.3 Å². The monoisotopic (exact) mass is 306 g/mol. The van der Waals surface area contributed by atoms with E-state index in [1.807, 2.05) is 25.1 Å². The predicted molar refractivity (Wildman–Crippen MR) is 85.4 cm³/mol. The quantitative estimate of drug-likeness (QED) is 0.834. The second-order valence-electron chi connectivity index (χ2n) is 4.49. The van der Waals surface area contributed by atoms with Crippen LogP contribution >= 0.6 is 11.3 Å². The SMILES string of the molecule is CCCCn1c(O)c(C=Nc2ccccc2OC)sc1=O. The molecule has 0 fully saturated rings. The molecule has 0 amide bonds. The Morgan fingerprint density at radius 1 is 1.43 bits per heavy atom. The topological polar surface area (TPSA) is 63.8 Å². The van der Waals surface area contributed by atoms with Crippen molar-refractivity contribution in [2.24, 2.45) is 4.99 Å². The first-order valence-corrected chi connectivity index (χ1v) is 7.58. The summed E-state index contributed by atoms with van der Waals surface area (Å²) in [4.78, 5) is 16.4. The van der Waals surface area contributed by atoms with E-state index in [4.69, 9.17) is 4.74 Å². The van der Waals surface area contributed by atoms with Crippen molar-refractivity contribution in [1.29, 1.82) is 0 Å². The first kappa shape index (κ1) is 15.3. The summed E-state index contributed by atoms with van der Waals surface area (Å²) in [6.07, 6.45) is 3.32. The van der Waals surface area contributed by atoms with Crippen LogP contribution in [-0.2, 0) is 6.54 Å². The van der Waals surface area contributed by atoms with Crippen molar-refractivity contribution in [3.05, 3.63) is 38.8 Å². The second kappa shape index (κ2) is 7.08. The van der Waals surface area contributed by atoms with E-state index in [2.05, 4.69) is 4.99 Å². The van der Waals surface area contributed by atoms with Gasteiger partial charge in [0.1, 0.15) is 16.3 Å². The molecule has 5 nitrogen and oxygen atoms in total. The zero-order valence-corrected chi connectivity index (χ0v) is 12.9. The number of benzene rings is 1. The molecule has 0 unspecified atom stereocenters. The van der Waals surface area contributed by atoms with Crippen LogP contribution in [0.5, 0.6) is 11.6 Å². The summed E-state index contributed by atoms with van der Waals surface area (Å²) in [5.41, 5.74) is 0.653. The minimum atomic E-state index is -0.164. The highest BCUT2D eigenvalue weighted by Crippen LogP contribution is 2.27. The fourth-order valence-corrected chi connectivity index (χ4v) is 2.66. The van der Waals surface area contributed by atoms with Crippen molar-refractivity contribution in [2.75, 3.05) is 7.11 Å². The number of nitrogens with zero attached hydrogens (tertiary/aromatic N) is 2. The molecular formula is C15H18N2O3S. The predicted octanol–water partition coefficient (Wildman–Crippen LogP) is 3.17. The Bertz CT molecular complexity index is 688. The Morgan fingerprint density at radius 2 is 2.19 bits per heavy atom. The number of hydrogen-bond acceptors (Lipinski definition) is 5. The number of unbranched alkanes of at least 4 members (excludes halogenated alkanes) is 1. The normalized spacial score (nSPS) is 11.1. The smallest absolute Gasteiger partial charge is 0.310 e. The van der Waals surface area contributed by atoms with Gasteiger partial charge in [-0.2, -0.15) is 0 Å². The lowest BCUT2D eigenvalue weighted by Gasteiger charge is -2.03. The van der Waals surface area contributed by atoms with Crippen LogP contribution in [0.3, 0.4) is 0 Å². The summed E-state index contributed by atoms with van der Waals surface area (Å²) >= 11 is 0.991. The van der Waals surface area contributed by atoms with Gasteiger partial charge in [0.15, 0.2) is 0 Å². The maximum atomic E-state index is 11.8. The van der Waals surface area contributed by atoms with E-state index in [0.29, 0.717) is 22.9 Å². The average molecular weight is 306 g/mol. The summed E-state index contributed by atoms with van der Waals surface area (Å²) in [7, 11) is 1.57. The van der Waals surface area contributed by atoms with Gasteiger partial charge in [-0.15, -0.1) is 0 Å². The number of ether oxygens (including phenoxy) is 1. The molecule has 1 aromatic heterocycles. The van der Waals surface area contributed by atoms with Gasteiger partial charge in [0.2, 0.25) is 5.88 Å². The van der Waals surface area contributed by atoms with Crippen LogP contribution in [0.25, 0.3) is 0 Å². The summed E-state index contributed by atoms with van der Waals surface area (Å²) in [5, 5.41) is 10.1. The van der Waals surface area contributed by atoms with Crippen molar-refractivity contribution in [3.8, 4) is 11.6 Å². The zero-order valence-electron chi connectivity index (χ0n) is 12.1. The van der Waals surface area contributed by atoms with Crippen LogP contribution in [0.2, 0.25) is 0 Å². The van der Waals surface area contributed by atoms with Gasteiger partial charge in [-0.25, -0.2) is 0 Å². The molecule has 0 spiro atoms. The third-order valence-electron chi connectivity index (χ3n) is 3.04. The number of aromatic nitrogens is 1. The summed E-state index contributed by atoms with van der Waals surface area (Å²) in [5.74, 6) is 0.628. The first-order valence-electron chi connectivity index (χ1n) is 6.77. The van der Waals surface area contributed by atoms with Crippen LogP contribution in [-0.4, -0.2) is 23.0 Å². The fourth-order valence-electron chi connectivity index (χ4n) is 1.88. The van der Waals surface area contributed by atoms with Gasteiger partial charge >= 0.3 is 4.87 Å². The van der Waals surface area contributed by atoms with Gasteiger partial charge in [-0.1, -0.05) is 36.8 Å². The average Bonchev–Trinajstić information content (AvgIpc) is 2.77. The zero-order chi connectivity index (χ0) is 15.2. The molecule has 112 valence electrons. The van der Waals surface area contributed by atoms with Crippen LogP contribution in [0.15, 0.2) is 34.1 Å². The van der Waals surface area contributed by atoms with E-state index >= 15 is 0 Å². The Morgan fingerprint density at radius 3 is 2.90 bits per heavy atom. The molecule has 0 saturated heterocycles. The van der Waals surface area contributed by atoms with E-state index in [1.54, 1.807) is 13.2 Å². The number of para-hydroxylation sites is 2. The summed E-state index contributed by atoms with van der Waals surface area (Å²) in [6, 6.07) is 7.32. The number of hydrogen-bond donors (Lipinski definition) is 1. The van der Waals surface area contributed by atoms with Gasteiger partial charge in [0.25, 0.3) is 0 Å². The van der Waals surface area contributed by atoms with Crippen molar-refractivity contribution >= 4 is 23.2 Å². The Hall–Kier alpha value is -2.08. The molecule has 0 atom stereocenters. The maximum absolute atomic E-state index is 11.8. The lowest BCUT2D eigenvalue weighted by atomic mass is 10.3. The van der Waals surface area contributed by atoms with Gasteiger partial charge in [-0.3, -0.25) is 14.4 Å². The highest BCUT2D eigenvalue weighted by atomic mass is 32.1. The second-order valence-corrected chi connectivity index (χ2v) is 5.48. The van der Waals surface area contributed by atoms with Gasteiger partial charge in [0, 0.05) is 6.54 Å². The van der Waals surface area contributed by atoms with Crippen molar-refractivity contribution in [1.82, 2.24) is 4.57 Å². The van der Waals surface area contributed by atoms with E-state index in [9.17, 15) is 9.90 Å². The fraction of sp³-hybridized carbons (Fsp3) is 0.333. The molecule has 2 rings (SSSR count). The molecule has 1 heterocycles. The Balaban J connectivity index is 2.27. The number of aromatic hydroxyl groups is 1. The first-order chi connectivity index (χ1) is 10.2. The standard InChI is InChI=1S/C15H18N2O3S/c1-3-4-9-17-14(18)13(21-15(17)19)10-16-11-7-5-6-8-12(11)20-2/h5-8,10,18H,3-4,9H2,1-2H3. The van der Waals surface area contributed by atoms with E-state index < -0.39 is 0 Å². The minimum absolute atomic E-state index is 0.0166. The van der Waals surface area contributed by atoms with Crippen LogP contribution in [0, 0.1) is 0 Å². The van der Waals surface area contributed by atoms with Gasteiger partial charge in [-0.05, 0) is 18.6 Å². The maximum Gasteiger partial charge on any atom is 0.310 e. The summed E-state index contributed by atoms with van der Waals surface area (Å²) in [6.45, 7) is 2.57. The molecule has 21 heavy (non-hydrogen) atoms. The van der Waals surface area contributed by atoms with Crippen molar-refractivity contribution in [3.63, 3.8) is 0 Å². The lowest BCUT2D eigenvalue weighted by molar-refractivity contribution is 0.408. The van der Waals surface area contributed by atoms with Crippen molar-refractivity contribution < 1.29 is 9.84 Å². The molecular weight excluding hydrogens is 288 g/mol. The van der Waals surface area contributed by atoms with Gasteiger partial charge < -0.3 is 9.84 Å². The highest BCUT2D eigenvalue weighted by molar-refractivity contribution is 7.11. The summed E-state index contributed by atoms with van der Waals surface area (Å²) < 4.78 is 6.59. The van der Waals surface area contributed by atoms with Crippen LogP contribution in [0.1, 0.15) is 24.6 Å². The molecule has 0 aliphatic rings. The largest absolute Gasteiger partial charge is 0.494 e. The van der Waals surface area contributed by atoms with E-state index in [1.165, 1.54) is 10.8 Å². The molecule has 2 aromatic rings. The lowest BCUT2D eigenvalue weighted by Crippen LogP contribution is -2.12. The molecule has 0 bridgehead atoms. The minimum Gasteiger partial charge on any atom is -0.494 e. The number of thiazole rings is 1. The Labute approximate surface area is 127 Å². The van der Waals surface area contributed by atoms with E-state index in [-0.39, 0.29) is 10.8 Å². The number of aliphatic imine (C=N–C) groups is 1. The number of rotatable bonds is 6. The van der Waals surface area contributed by atoms with Crippen LogP contribution in [0.4, 0.5) is 5.69 Å². The highest BCUT2D eigenvalue weighted by Gasteiger charge is 2.11.